The second-order valence-corrected chi connectivity index (χ2v) is 6.51. The minimum atomic E-state index is -0.129. The van der Waals surface area contributed by atoms with Crippen LogP contribution in [0, 0.1) is 11.8 Å². The Morgan fingerprint density at radius 3 is 2.36 bits per heavy atom. The van der Waals surface area contributed by atoms with Crippen molar-refractivity contribution in [2.45, 2.75) is 51.0 Å². The van der Waals surface area contributed by atoms with Crippen LogP contribution in [0.3, 0.4) is 0 Å². The standard InChI is InChI=1S/C16H24N2O4/c19-14(17-10-11-4-3-9-22-11)7-8-18-15(20)12-5-1-2-6-13(12)16(18)21/h11-13H,1-10H2,(H,17,19)/t11-,12-,13+/m1/s1. The van der Waals surface area contributed by atoms with Crippen molar-refractivity contribution < 1.29 is 19.1 Å². The van der Waals surface area contributed by atoms with E-state index in [0.717, 1.165) is 45.1 Å². The lowest BCUT2D eigenvalue weighted by atomic mass is 9.81. The van der Waals surface area contributed by atoms with Crippen LogP contribution in [0.15, 0.2) is 0 Å². The molecular formula is C16H24N2O4. The van der Waals surface area contributed by atoms with E-state index in [0.29, 0.717) is 6.54 Å². The molecule has 2 saturated heterocycles. The minimum absolute atomic E-state index is 0.0679. The number of carbonyl (C=O) groups is 3. The quantitative estimate of drug-likeness (QED) is 0.764. The minimum Gasteiger partial charge on any atom is -0.376 e. The molecule has 3 fully saturated rings. The van der Waals surface area contributed by atoms with Crippen LogP contribution in [0.5, 0.6) is 0 Å². The summed E-state index contributed by atoms with van der Waals surface area (Å²) in [4.78, 5) is 37.7. The molecule has 1 N–H and O–H groups in total. The molecular weight excluding hydrogens is 284 g/mol. The fraction of sp³-hybridized carbons (Fsp3) is 0.812. The van der Waals surface area contributed by atoms with Crippen molar-refractivity contribution in [1.29, 1.82) is 0 Å². The number of ether oxygens (including phenoxy) is 1. The molecule has 0 bridgehead atoms. The molecule has 0 aromatic rings. The van der Waals surface area contributed by atoms with Gasteiger partial charge in [0.15, 0.2) is 0 Å². The van der Waals surface area contributed by atoms with Gasteiger partial charge in [0.1, 0.15) is 0 Å². The Bertz CT molecular complexity index is 435. The number of hydrogen-bond acceptors (Lipinski definition) is 4. The van der Waals surface area contributed by atoms with Gasteiger partial charge in [0.05, 0.1) is 17.9 Å². The molecule has 2 heterocycles. The highest BCUT2D eigenvalue weighted by atomic mass is 16.5. The molecule has 6 heteroatoms. The van der Waals surface area contributed by atoms with Crippen molar-refractivity contribution >= 4 is 17.7 Å². The highest BCUT2D eigenvalue weighted by Crippen LogP contribution is 2.37. The molecule has 3 amide bonds. The van der Waals surface area contributed by atoms with E-state index in [2.05, 4.69) is 5.32 Å². The smallest absolute Gasteiger partial charge is 0.233 e. The Labute approximate surface area is 130 Å². The van der Waals surface area contributed by atoms with Gasteiger partial charge in [0.2, 0.25) is 17.7 Å². The van der Waals surface area contributed by atoms with Crippen molar-refractivity contribution in [1.82, 2.24) is 10.2 Å². The molecule has 0 aromatic carbocycles. The van der Waals surface area contributed by atoms with E-state index in [1.807, 2.05) is 0 Å². The molecule has 122 valence electrons. The number of fused-ring (bicyclic) bond motifs is 1. The van der Waals surface area contributed by atoms with Gasteiger partial charge in [-0.15, -0.1) is 0 Å². The highest BCUT2D eigenvalue weighted by Gasteiger charge is 2.47. The number of likely N-dealkylation sites (tertiary alicyclic amines) is 1. The molecule has 3 rings (SSSR count). The third kappa shape index (κ3) is 3.16. The highest BCUT2D eigenvalue weighted by molar-refractivity contribution is 6.05. The van der Waals surface area contributed by atoms with Crippen molar-refractivity contribution in [2.75, 3.05) is 19.7 Å². The Morgan fingerprint density at radius 1 is 1.09 bits per heavy atom. The summed E-state index contributed by atoms with van der Waals surface area (Å²) in [6.45, 7) is 1.49. The first kappa shape index (κ1) is 15.5. The molecule has 1 saturated carbocycles. The Morgan fingerprint density at radius 2 is 1.77 bits per heavy atom. The molecule has 0 aromatic heterocycles. The summed E-state index contributed by atoms with van der Waals surface area (Å²) in [5.41, 5.74) is 0. The lowest BCUT2D eigenvalue weighted by molar-refractivity contribution is -0.140. The number of carbonyl (C=O) groups excluding carboxylic acids is 3. The van der Waals surface area contributed by atoms with Crippen LogP contribution in [0.25, 0.3) is 0 Å². The lowest BCUT2D eigenvalue weighted by Crippen LogP contribution is -2.37. The molecule has 1 aliphatic carbocycles. The third-order valence-electron chi connectivity index (χ3n) is 5.05. The van der Waals surface area contributed by atoms with Crippen LogP contribution in [-0.4, -0.2) is 48.4 Å². The second-order valence-electron chi connectivity index (χ2n) is 6.51. The first-order valence-electron chi connectivity index (χ1n) is 8.40. The van der Waals surface area contributed by atoms with Gasteiger partial charge < -0.3 is 10.1 Å². The van der Waals surface area contributed by atoms with Crippen molar-refractivity contribution in [3.05, 3.63) is 0 Å². The second kappa shape index (κ2) is 6.77. The van der Waals surface area contributed by atoms with Crippen LogP contribution in [0.1, 0.15) is 44.9 Å². The zero-order valence-electron chi connectivity index (χ0n) is 12.9. The number of nitrogens with one attached hydrogen (secondary N) is 1. The molecule has 0 unspecified atom stereocenters. The SMILES string of the molecule is O=C(CCN1C(=O)[C@H]2CCCC[C@H]2C1=O)NC[C@H]1CCCO1. The van der Waals surface area contributed by atoms with Gasteiger partial charge >= 0.3 is 0 Å². The number of amides is 3. The van der Waals surface area contributed by atoms with Crippen LogP contribution in [0.4, 0.5) is 0 Å². The summed E-state index contributed by atoms with van der Waals surface area (Å²) in [6, 6.07) is 0. The molecule has 3 aliphatic rings. The molecule has 2 aliphatic heterocycles. The van der Waals surface area contributed by atoms with Gasteiger partial charge in [-0.25, -0.2) is 0 Å². The average Bonchev–Trinajstić information content (AvgIpc) is 3.13. The van der Waals surface area contributed by atoms with Gasteiger partial charge in [-0.3, -0.25) is 19.3 Å². The maximum absolute atomic E-state index is 12.3. The van der Waals surface area contributed by atoms with Crippen LogP contribution in [0.2, 0.25) is 0 Å². The van der Waals surface area contributed by atoms with E-state index in [1.165, 1.54) is 4.90 Å². The summed E-state index contributed by atoms with van der Waals surface area (Å²) in [7, 11) is 0. The summed E-state index contributed by atoms with van der Waals surface area (Å²) in [5, 5.41) is 2.83. The Balaban J connectivity index is 1.45. The number of imide groups is 1. The molecule has 22 heavy (non-hydrogen) atoms. The summed E-state index contributed by atoms with van der Waals surface area (Å²) < 4.78 is 5.45. The zero-order valence-corrected chi connectivity index (χ0v) is 12.9. The van der Waals surface area contributed by atoms with E-state index in [-0.39, 0.29) is 48.6 Å². The van der Waals surface area contributed by atoms with Gasteiger partial charge in [-0.1, -0.05) is 12.8 Å². The predicted octanol–water partition coefficient (Wildman–Crippen LogP) is 0.847. The number of hydrogen-bond donors (Lipinski definition) is 1. The fourth-order valence-corrected chi connectivity index (χ4v) is 3.79. The largest absolute Gasteiger partial charge is 0.376 e. The van der Waals surface area contributed by atoms with Crippen LogP contribution >= 0.6 is 0 Å². The van der Waals surface area contributed by atoms with Crippen molar-refractivity contribution in [2.24, 2.45) is 11.8 Å². The Kier molecular flexibility index (Phi) is 4.76. The van der Waals surface area contributed by atoms with Gasteiger partial charge in [0.25, 0.3) is 0 Å². The predicted molar refractivity (Wildman–Crippen MR) is 78.8 cm³/mol. The molecule has 6 nitrogen and oxygen atoms in total. The zero-order chi connectivity index (χ0) is 15.5. The van der Waals surface area contributed by atoms with E-state index in [4.69, 9.17) is 4.74 Å². The van der Waals surface area contributed by atoms with E-state index in [1.54, 1.807) is 0 Å². The first-order chi connectivity index (χ1) is 10.7. The maximum atomic E-state index is 12.3. The maximum Gasteiger partial charge on any atom is 0.233 e. The van der Waals surface area contributed by atoms with Crippen molar-refractivity contribution in [3.63, 3.8) is 0 Å². The first-order valence-corrected chi connectivity index (χ1v) is 8.40. The average molecular weight is 308 g/mol. The number of nitrogens with zero attached hydrogens (tertiary/aromatic N) is 1. The fourth-order valence-electron chi connectivity index (χ4n) is 3.79. The summed E-state index contributed by atoms with van der Waals surface area (Å²) >= 11 is 0. The van der Waals surface area contributed by atoms with Gasteiger partial charge in [-0.05, 0) is 25.7 Å². The van der Waals surface area contributed by atoms with E-state index in [9.17, 15) is 14.4 Å². The third-order valence-corrected chi connectivity index (χ3v) is 5.05. The lowest BCUT2D eigenvalue weighted by Gasteiger charge is -2.19. The monoisotopic (exact) mass is 308 g/mol. The molecule has 0 spiro atoms. The van der Waals surface area contributed by atoms with Crippen molar-refractivity contribution in [3.8, 4) is 0 Å². The molecule has 0 radical (unpaired) electrons. The van der Waals surface area contributed by atoms with Gasteiger partial charge in [-0.2, -0.15) is 0 Å². The molecule has 3 atom stereocenters. The summed E-state index contributed by atoms with van der Waals surface area (Å²) in [6.07, 6.45) is 6.00. The van der Waals surface area contributed by atoms with Crippen LogP contribution < -0.4 is 5.32 Å². The number of rotatable bonds is 5. The van der Waals surface area contributed by atoms with Crippen LogP contribution in [-0.2, 0) is 19.1 Å². The van der Waals surface area contributed by atoms with E-state index >= 15 is 0 Å². The van der Waals surface area contributed by atoms with Gasteiger partial charge in [0, 0.05) is 26.1 Å². The van der Waals surface area contributed by atoms with E-state index < -0.39 is 0 Å². The normalized spacial score (nSPS) is 31.5. The topological polar surface area (TPSA) is 75.7 Å². The summed E-state index contributed by atoms with van der Waals surface area (Å²) in [5.74, 6) is -0.512. The Hall–Kier alpha value is -1.43.